The van der Waals surface area contributed by atoms with Crippen LogP contribution in [-0.4, -0.2) is 67.3 Å². The van der Waals surface area contributed by atoms with E-state index in [4.69, 9.17) is 20.8 Å². The highest BCUT2D eigenvalue weighted by atomic mass is 35.5. The Balaban J connectivity index is 2.15. The molecule has 0 radical (unpaired) electrons. The van der Waals surface area contributed by atoms with E-state index in [9.17, 15) is 19.5 Å². The number of carbonyl (C=O) groups excluding carboxylic acids is 2. The van der Waals surface area contributed by atoms with Crippen molar-refractivity contribution >= 4 is 48.1 Å². The summed E-state index contributed by atoms with van der Waals surface area (Å²) in [5.74, 6) is -2.09. The number of benzene rings is 2. The Morgan fingerprint density at radius 1 is 1.06 bits per heavy atom. The average Bonchev–Trinajstić information content (AvgIpc) is 3.21. The number of nitrogens with zero attached hydrogens (tertiary/aromatic N) is 1. The van der Waals surface area contributed by atoms with Gasteiger partial charge in [-0.25, -0.2) is 9.59 Å². The molecule has 1 N–H and O–H groups in total. The standard InChI is InChI=1S/C26H32ClNO6Si/c1-25(2,3)35(21-11-7-5-8-12-21,22-13-9-6-10-14-22)34-20-16-26(23(30)31,15-19(29)17-27)28(18-20)24(32)33-4/h5-14,20H,15-18H2,1-4H3,(H,30,31)/t20-,26?/m0/s1. The number of methoxy groups -OCH3 is 1. The Labute approximate surface area is 212 Å². The maximum Gasteiger partial charge on any atom is 0.410 e. The summed E-state index contributed by atoms with van der Waals surface area (Å²) in [4.78, 5) is 38.7. The molecule has 1 aliphatic heterocycles. The Morgan fingerprint density at radius 2 is 1.57 bits per heavy atom. The first-order valence-electron chi connectivity index (χ1n) is 11.5. The summed E-state index contributed by atoms with van der Waals surface area (Å²) in [5, 5.41) is 12.0. The maximum atomic E-state index is 12.7. The number of carboxylic acid groups (broad SMARTS) is 1. The third-order valence-corrected chi connectivity index (χ3v) is 12.1. The van der Waals surface area contributed by atoms with Gasteiger partial charge in [-0.2, -0.15) is 0 Å². The van der Waals surface area contributed by atoms with Crippen LogP contribution in [0, 0.1) is 0 Å². The minimum atomic E-state index is -3.02. The third kappa shape index (κ3) is 5.01. The van der Waals surface area contributed by atoms with Crippen LogP contribution >= 0.6 is 11.6 Å². The number of hydrogen-bond donors (Lipinski definition) is 1. The molecule has 1 amide bonds. The number of carboxylic acids is 1. The highest BCUT2D eigenvalue weighted by Gasteiger charge is 2.59. The van der Waals surface area contributed by atoms with Gasteiger partial charge in [-0.15, -0.1) is 11.6 Å². The molecular formula is C26H32ClNO6Si. The fourth-order valence-electron chi connectivity index (χ4n) is 5.13. The molecule has 1 heterocycles. The molecule has 1 unspecified atom stereocenters. The zero-order valence-electron chi connectivity index (χ0n) is 20.5. The number of halogens is 1. The number of rotatable bonds is 8. The number of ketones is 1. The van der Waals surface area contributed by atoms with Crippen LogP contribution in [0.2, 0.25) is 5.04 Å². The van der Waals surface area contributed by atoms with E-state index in [1.807, 2.05) is 60.7 Å². The zero-order chi connectivity index (χ0) is 25.9. The second kappa shape index (κ2) is 10.5. The molecule has 7 nitrogen and oxygen atoms in total. The van der Waals surface area contributed by atoms with E-state index in [0.717, 1.165) is 15.3 Å². The van der Waals surface area contributed by atoms with E-state index >= 15 is 0 Å². The number of amides is 1. The highest BCUT2D eigenvalue weighted by Crippen LogP contribution is 2.42. The fourth-order valence-corrected chi connectivity index (χ4v) is 9.90. The van der Waals surface area contributed by atoms with Gasteiger partial charge in [-0.3, -0.25) is 9.69 Å². The Kier molecular flexibility index (Phi) is 8.09. The van der Waals surface area contributed by atoms with Gasteiger partial charge in [-0.05, 0) is 15.4 Å². The lowest BCUT2D eigenvalue weighted by molar-refractivity contribution is -0.151. The number of carbonyl (C=O) groups is 3. The predicted molar refractivity (Wildman–Crippen MR) is 137 cm³/mol. The first-order chi connectivity index (χ1) is 16.5. The lowest BCUT2D eigenvalue weighted by Crippen LogP contribution is -2.67. The number of hydrogen-bond acceptors (Lipinski definition) is 5. The van der Waals surface area contributed by atoms with Crippen LogP contribution in [0.1, 0.15) is 33.6 Å². The van der Waals surface area contributed by atoms with Gasteiger partial charge in [0.1, 0.15) is 0 Å². The summed E-state index contributed by atoms with van der Waals surface area (Å²) in [6, 6.07) is 19.9. The second-order valence-electron chi connectivity index (χ2n) is 9.87. The van der Waals surface area contributed by atoms with E-state index in [1.54, 1.807) is 0 Å². The molecular weight excluding hydrogens is 486 g/mol. The number of likely N-dealkylation sites (tertiary alicyclic amines) is 1. The first kappa shape index (κ1) is 26.9. The number of alkyl halides is 1. The molecule has 1 aliphatic rings. The summed E-state index contributed by atoms with van der Waals surface area (Å²) in [6.45, 7) is 6.34. The van der Waals surface area contributed by atoms with Crippen molar-refractivity contribution in [3.63, 3.8) is 0 Å². The van der Waals surface area contributed by atoms with Crippen LogP contribution in [0.15, 0.2) is 60.7 Å². The molecule has 0 bridgehead atoms. The van der Waals surface area contributed by atoms with Gasteiger partial charge in [0, 0.05) is 12.8 Å². The van der Waals surface area contributed by atoms with Gasteiger partial charge in [-0.1, -0.05) is 81.4 Å². The van der Waals surface area contributed by atoms with Crippen LogP contribution in [0.5, 0.6) is 0 Å². The lowest BCUT2D eigenvalue weighted by Gasteiger charge is -2.44. The lowest BCUT2D eigenvalue weighted by atomic mass is 9.90. The van der Waals surface area contributed by atoms with Crippen molar-refractivity contribution in [1.82, 2.24) is 4.90 Å². The van der Waals surface area contributed by atoms with Crippen molar-refractivity contribution < 1.29 is 28.7 Å². The molecule has 2 atom stereocenters. The first-order valence-corrected chi connectivity index (χ1v) is 13.9. The molecule has 1 saturated heterocycles. The number of ether oxygens (including phenoxy) is 1. The Bertz CT molecular complexity index is 1020. The van der Waals surface area contributed by atoms with E-state index in [1.165, 1.54) is 7.11 Å². The monoisotopic (exact) mass is 517 g/mol. The molecule has 2 aromatic rings. The van der Waals surface area contributed by atoms with Crippen molar-refractivity contribution in [2.24, 2.45) is 0 Å². The molecule has 188 valence electrons. The topological polar surface area (TPSA) is 93.1 Å². The quantitative estimate of drug-likeness (QED) is 0.426. The molecule has 0 aliphatic carbocycles. The summed E-state index contributed by atoms with van der Waals surface area (Å²) in [7, 11) is -1.83. The smallest absolute Gasteiger partial charge is 0.410 e. The molecule has 1 fully saturated rings. The third-order valence-electron chi connectivity index (χ3n) is 6.66. The van der Waals surface area contributed by atoms with E-state index in [-0.39, 0.29) is 23.9 Å². The molecule has 9 heteroatoms. The van der Waals surface area contributed by atoms with Crippen LogP contribution in [0.3, 0.4) is 0 Å². The van der Waals surface area contributed by atoms with Gasteiger partial charge < -0.3 is 14.3 Å². The Hall–Kier alpha value is -2.68. The predicted octanol–water partition coefficient (Wildman–Crippen LogP) is 3.43. The van der Waals surface area contributed by atoms with Gasteiger partial charge >= 0.3 is 12.1 Å². The largest absolute Gasteiger partial charge is 0.479 e. The average molecular weight is 518 g/mol. The van der Waals surface area contributed by atoms with Crippen molar-refractivity contribution in [3.8, 4) is 0 Å². The summed E-state index contributed by atoms with van der Waals surface area (Å²) < 4.78 is 12.0. The van der Waals surface area contributed by atoms with Crippen molar-refractivity contribution in [3.05, 3.63) is 60.7 Å². The molecule has 0 spiro atoms. The number of Topliss-reactive ketones (excluding diaryl/α,β-unsaturated/α-hetero) is 1. The maximum absolute atomic E-state index is 12.7. The molecule has 35 heavy (non-hydrogen) atoms. The van der Waals surface area contributed by atoms with Crippen molar-refractivity contribution in [2.75, 3.05) is 19.5 Å². The van der Waals surface area contributed by atoms with Crippen LogP contribution in [0.25, 0.3) is 0 Å². The molecule has 0 saturated carbocycles. The molecule has 2 aromatic carbocycles. The minimum Gasteiger partial charge on any atom is -0.479 e. The van der Waals surface area contributed by atoms with Gasteiger partial charge in [0.15, 0.2) is 11.3 Å². The van der Waals surface area contributed by atoms with E-state index in [2.05, 4.69) is 20.8 Å². The Morgan fingerprint density at radius 3 is 1.97 bits per heavy atom. The van der Waals surface area contributed by atoms with Gasteiger partial charge in [0.2, 0.25) is 0 Å². The molecule has 0 aromatic heterocycles. The summed E-state index contributed by atoms with van der Waals surface area (Å²) >= 11 is 5.72. The van der Waals surface area contributed by atoms with E-state index < -0.39 is 44.2 Å². The SMILES string of the molecule is COC(=O)N1C[C@@H](O[Si](c2ccccc2)(c2ccccc2)C(C)(C)C)CC1(CC(=O)CCl)C(=O)O. The summed E-state index contributed by atoms with van der Waals surface area (Å²) in [5.41, 5.74) is -1.80. The summed E-state index contributed by atoms with van der Waals surface area (Å²) in [6.07, 6.45) is -1.92. The van der Waals surface area contributed by atoms with Crippen LogP contribution in [0.4, 0.5) is 4.79 Å². The second-order valence-corrected chi connectivity index (χ2v) is 14.4. The molecule has 3 rings (SSSR count). The van der Waals surface area contributed by atoms with Crippen molar-refractivity contribution in [1.29, 1.82) is 0 Å². The van der Waals surface area contributed by atoms with Crippen LogP contribution < -0.4 is 10.4 Å². The minimum absolute atomic E-state index is 0.0148. The number of aliphatic carboxylic acids is 1. The normalized spacial score (nSPS) is 20.5. The highest BCUT2D eigenvalue weighted by molar-refractivity contribution is 6.99. The van der Waals surface area contributed by atoms with Gasteiger partial charge in [0.25, 0.3) is 8.32 Å². The van der Waals surface area contributed by atoms with E-state index in [0.29, 0.717) is 0 Å². The zero-order valence-corrected chi connectivity index (χ0v) is 22.2. The fraction of sp³-hybridized carbons (Fsp3) is 0.423. The van der Waals surface area contributed by atoms with Crippen molar-refractivity contribution in [2.45, 2.75) is 50.3 Å². The van der Waals surface area contributed by atoms with Crippen LogP contribution in [-0.2, 0) is 18.8 Å². The van der Waals surface area contributed by atoms with Gasteiger partial charge in [0.05, 0.1) is 25.6 Å².